The number of carbonyl (C=O) groups excluding carboxylic acids is 1. The van der Waals surface area contributed by atoms with Gasteiger partial charge in [-0.2, -0.15) is 0 Å². The first-order valence-electron chi connectivity index (χ1n) is 5.78. The van der Waals surface area contributed by atoms with Crippen molar-refractivity contribution in [3.63, 3.8) is 0 Å². The molecule has 18 heavy (non-hydrogen) atoms. The summed E-state index contributed by atoms with van der Waals surface area (Å²) in [6.07, 6.45) is 3.80. The third kappa shape index (κ3) is 2.66. The van der Waals surface area contributed by atoms with Crippen molar-refractivity contribution in [1.29, 1.82) is 0 Å². The average Bonchev–Trinajstić information content (AvgIpc) is 2.39. The van der Waals surface area contributed by atoms with E-state index >= 15 is 0 Å². The second-order valence-corrected chi connectivity index (χ2v) is 3.93. The van der Waals surface area contributed by atoms with Gasteiger partial charge in [-0.1, -0.05) is 19.1 Å². The third-order valence-electron chi connectivity index (χ3n) is 2.66. The molecule has 0 aliphatic carbocycles. The van der Waals surface area contributed by atoms with E-state index in [0.29, 0.717) is 5.69 Å². The summed E-state index contributed by atoms with van der Waals surface area (Å²) < 4.78 is 0. The van der Waals surface area contributed by atoms with Gasteiger partial charge in [0, 0.05) is 24.1 Å². The summed E-state index contributed by atoms with van der Waals surface area (Å²) in [5, 5.41) is 2.71. The maximum absolute atomic E-state index is 11.9. The summed E-state index contributed by atoms with van der Waals surface area (Å²) in [4.78, 5) is 26.1. The normalized spacial score (nSPS) is 10.1. The van der Waals surface area contributed by atoms with Crippen LogP contribution in [-0.2, 0) is 6.42 Å². The molecule has 0 fully saturated rings. The van der Waals surface area contributed by atoms with E-state index in [2.05, 4.69) is 10.3 Å². The molecular weight excluding hydrogens is 228 g/mol. The van der Waals surface area contributed by atoms with Gasteiger partial charge in [0.05, 0.1) is 0 Å². The van der Waals surface area contributed by atoms with Crippen molar-refractivity contribution in [2.75, 3.05) is 5.32 Å². The highest BCUT2D eigenvalue weighted by Crippen LogP contribution is 2.11. The van der Waals surface area contributed by atoms with Gasteiger partial charge in [0.1, 0.15) is 5.56 Å². The Morgan fingerprint density at radius 2 is 2.17 bits per heavy atom. The first-order chi connectivity index (χ1) is 8.70. The number of pyridine rings is 1. The van der Waals surface area contributed by atoms with E-state index in [0.717, 1.165) is 12.0 Å². The van der Waals surface area contributed by atoms with Gasteiger partial charge >= 0.3 is 0 Å². The van der Waals surface area contributed by atoms with E-state index in [1.165, 1.54) is 18.5 Å². The van der Waals surface area contributed by atoms with E-state index in [1.807, 2.05) is 25.1 Å². The Morgan fingerprint density at radius 3 is 2.89 bits per heavy atom. The zero-order valence-corrected chi connectivity index (χ0v) is 10.1. The van der Waals surface area contributed by atoms with Crippen molar-refractivity contribution in [3.05, 3.63) is 64.1 Å². The van der Waals surface area contributed by atoms with Gasteiger partial charge in [0.25, 0.3) is 5.91 Å². The minimum atomic E-state index is -0.398. The van der Waals surface area contributed by atoms with Crippen LogP contribution in [0.25, 0.3) is 0 Å². The van der Waals surface area contributed by atoms with Crippen molar-refractivity contribution in [1.82, 2.24) is 4.98 Å². The number of H-pyrrole nitrogens is 1. The first kappa shape index (κ1) is 12.1. The molecule has 1 heterocycles. The molecule has 2 rings (SSSR count). The summed E-state index contributed by atoms with van der Waals surface area (Å²) in [6.45, 7) is 2.04. The Labute approximate surface area is 105 Å². The number of benzene rings is 1. The molecule has 4 heteroatoms. The molecule has 1 aromatic heterocycles. The van der Waals surface area contributed by atoms with E-state index in [9.17, 15) is 9.59 Å². The number of nitrogens with one attached hydrogen (secondary N) is 2. The van der Waals surface area contributed by atoms with Crippen LogP contribution in [0.3, 0.4) is 0 Å². The van der Waals surface area contributed by atoms with Crippen LogP contribution in [0.2, 0.25) is 0 Å². The molecule has 0 bridgehead atoms. The van der Waals surface area contributed by atoms with Gasteiger partial charge in [-0.3, -0.25) is 9.59 Å². The van der Waals surface area contributed by atoms with Crippen LogP contribution in [0.15, 0.2) is 47.5 Å². The molecule has 1 aromatic carbocycles. The van der Waals surface area contributed by atoms with E-state index in [1.54, 1.807) is 6.07 Å². The molecule has 2 N–H and O–H groups in total. The van der Waals surface area contributed by atoms with E-state index < -0.39 is 5.91 Å². The summed E-state index contributed by atoms with van der Waals surface area (Å²) in [5.74, 6) is -0.398. The quantitative estimate of drug-likeness (QED) is 0.866. The maximum Gasteiger partial charge on any atom is 0.261 e. The number of aromatic nitrogens is 1. The van der Waals surface area contributed by atoms with Gasteiger partial charge in [0.15, 0.2) is 5.43 Å². The van der Waals surface area contributed by atoms with Crippen LogP contribution in [0, 0.1) is 0 Å². The Bertz CT molecular complexity index is 617. The van der Waals surface area contributed by atoms with Crippen LogP contribution in [0.5, 0.6) is 0 Å². The topological polar surface area (TPSA) is 62.0 Å². The van der Waals surface area contributed by atoms with Gasteiger partial charge in [0.2, 0.25) is 0 Å². The standard InChI is InChI=1S/C14H14N2O2/c1-2-10-4-3-5-11(8-10)16-14(18)12-9-15-7-6-13(12)17/h3-9H,2H2,1H3,(H,15,17)(H,16,18). The van der Waals surface area contributed by atoms with Gasteiger partial charge in [-0.15, -0.1) is 0 Å². The Kier molecular flexibility index (Phi) is 3.57. The van der Waals surface area contributed by atoms with E-state index in [-0.39, 0.29) is 11.0 Å². The molecule has 0 atom stereocenters. The minimum absolute atomic E-state index is 0.111. The fourth-order valence-electron chi connectivity index (χ4n) is 1.66. The number of rotatable bonds is 3. The van der Waals surface area contributed by atoms with Crippen molar-refractivity contribution in [3.8, 4) is 0 Å². The molecule has 2 aromatic rings. The molecule has 0 aliphatic rings. The van der Waals surface area contributed by atoms with Crippen LogP contribution in [0.4, 0.5) is 5.69 Å². The Balaban J connectivity index is 2.21. The summed E-state index contributed by atoms with van der Waals surface area (Å²) in [7, 11) is 0. The highest BCUT2D eigenvalue weighted by Gasteiger charge is 2.09. The number of carbonyl (C=O) groups is 1. The van der Waals surface area contributed by atoms with E-state index in [4.69, 9.17) is 0 Å². The summed E-state index contributed by atoms with van der Waals surface area (Å²) >= 11 is 0. The molecule has 0 unspecified atom stereocenters. The highest BCUT2D eigenvalue weighted by atomic mass is 16.2. The second-order valence-electron chi connectivity index (χ2n) is 3.93. The summed E-state index contributed by atoms with van der Waals surface area (Å²) in [5.41, 5.74) is 1.65. The monoisotopic (exact) mass is 242 g/mol. The minimum Gasteiger partial charge on any atom is -0.367 e. The fraction of sp³-hybridized carbons (Fsp3) is 0.143. The molecule has 0 saturated carbocycles. The van der Waals surface area contributed by atoms with Crippen LogP contribution in [0.1, 0.15) is 22.8 Å². The SMILES string of the molecule is CCc1cccc(NC(=O)c2c[nH]ccc2=O)c1. The number of anilines is 1. The number of hydrogen-bond acceptors (Lipinski definition) is 2. The first-order valence-corrected chi connectivity index (χ1v) is 5.78. The average molecular weight is 242 g/mol. The van der Waals surface area contributed by atoms with Gasteiger partial charge < -0.3 is 10.3 Å². The molecule has 0 saturated heterocycles. The predicted octanol–water partition coefficient (Wildman–Crippen LogP) is 2.19. The lowest BCUT2D eigenvalue weighted by Gasteiger charge is -2.06. The molecule has 4 nitrogen and oxygen atoms in total. The third-order valence-corrected chi connectivity index (χ3v) is 2.66. The molecule has 0 aliphatic heterocycles. The number of aryl methyl sites for hydroxylation is 1. The number of amides is 1. The molecule has 0 spiro atoms. The highest BCUT2D eigenvalue weighted by molar-refractivity contribution is 6.03. The zero-order chi connectivity index (χ0) is 13.0. The van der Waals surface area contributed by atoms with Crippen LogP contribution >= 0.6 is 0 Å². The largest absolute Gasteiger partial charge is 0.367 e. The van der Waals surface area contributed by atoms with Crippen molar-refractivity contribution < 1.29 is 4.79 Å². The fourth-order valence-corrected chi connectivity index (χ4v) is 1.66. The van der Waals surface area contributed by atoms with Crippen LogP contribution < -0.4 is 10.7 Å². The maximum atomic E-state index is 11.9. The predicted molar refractivity (Wildman–Crippen MR) is 70.8 cm³/mol. The lowest BCUT2D eigenvalue weighted by atomic mass is 10.1. The Hall–Kier alpha value is -2.36. The number of aromatic amines is 1. The van der Waals surface area contributed by atoms with Crippen molar-refractivity contribution in [2.45, 2.75) is 13.3 Å². The second kappa shape index (κ2) is 5.31. The van der Waals surface area contributed by atoms with Crippen LogP contribution in [-0.4, -0.2) is 10.9 Å². The lowest BCUT2D eigenvalue weighted by molar-refractivity contribution is 0.102. The molecule has 0 radical (unpaired) electrons. The molecule has 1 amide bonds. The number of hydrogen-bond donors (Lipinski definition) is 2. The van der Waals surface area contributed by atoms with Crippen molar-refractivity contribution >= 4 is 11.6 Å². The Morgan fingerprint density at radius 1 is 1.33 bits per heavy atom. The molecular formula is C14H14N2O2. The lowest BCUT2D eigenvalue weighted by Crippen LogP contribution is -2.20. The van der Waals surface area contributed by atoms with Gasteiger partial charge in [-0.05, 0) is 24.1 Å². The summed E-state index contributed by atoms with van der Waals surface area (Å²) in [6, 6.07) is 8.90. The molecule has 92 valence electrons. The van der Waals surface area contributed by atoms with Crippen molar-refractivity contribution in [2.24, 2.45) is 0 Å². The smallest absolute Gasteiger partial charge is 0.261 e. The van der Waals surface area contributed by atoms with Gasteiger partial charge in [-0.25, -0.2) is 0 Å². The zero-order valence-electron chi connectivity index (χ0n) is 10.1.